The highest BCUT2D eigenvalue weighted by Gasteiger charge is 2.14. The SMILES string of the molecule is CCCCCC/C(C#CC(C)(C)O)=C(\c1ccccc1)C(C)O. The maximum atomic E-state index is 10.3. The molecule has 0 aliphatic heterocycles. The van der Waals surface area contributed by atoms with E-state index in [2.05, 4.69) is 18.8 Å². The van der Waals surface area contributed by atoms with E-state index in [4.69, 9.17) is 0 Å². The van der Waals surface area contributed by atoms with Gasteiger partial charge in [-0.2, -0.15) is 0 Å². The van der Waals surface area contributed by atoms with Gasteiger partial charge < -0.3 is 10.2 Å². The van der Waals surface area contributed by atoms with Crippen LogP contribution in [0.25, 0.3) is 5.57 Å². The Bertz CT molecular complexity index is 551. The largest absolute Gasteiger partial charge is 0.389 e. The van der Waals surface area contributed by atoms with E-state index in [9.17, 15) is 10.2 Å². The summed E-state index contributed by atoms with van der Waals surface area (Å²) in [5.74, 6) is 6.04. The minimum absolute atomic E-state index is 0.588. The Morgan fingerprint density at radius 1 is 1.13 bits per heavy atom. The van der Waals surface area contributed by atoms with Crippen LogP contribution in [-0.2, 0) is 0 Å². The summed E-state index contributed by atoms with van der Waals surface area (Å²) < 4.78 is 0. The molecule has 0 amide bonds. The number of aliphatic hydroxyl groups excluding tert-OH is 1. The molecule has 0 spiro atoms. The summed E-state index contributed by atoms with van der Waals surface area (Å²) in [5, 5.41) is 20.2. The normalized spacial score (nSPS) is 13.8. The van der Waals surface area contributed by atoms with Gasteiger partial charge in [0.25, 0.3) is 0 Å². The molecule has 0 aliphatic rings. The molecular formula is C21H30O2. The third kappa shape index (κ3) is 7.50. The molecule has 1 rings (SSSR count). The van der Waals surface area contributed by atoms with Crippen LogP contribution in [0.4, 0.5) is 0 Å². The van der Waals surface area contributed by atoms with Crippen molar-refractivity contribution in [2.24, 2.45) is 0 Å². The zero-order valence-electron chi connectivity index (χ0n) is 14.9. The van der Waals surface area contributed by atoms with Crippen LogP contribution in [0, 0.1) is 11.8 Å². The summed E-state index contributed by atoms with van der Waals surface area (Å²) in [5.41, 5.74) is 1.77. The molecule has 0 fully saturated rings. The summed E-state index contributed by atoms with van der Waals surface area (Å²) in [6.45, 7) is 7.33. The van der Waals surface area contributed by atoms with E-state index in [0.717, 1.165) is 36.0 Å². The summed E-state index contributed by atoms with van der Waals surface area (Å²) in [4.78, 5) is 0. The average molecular weight is 314 g/mol. The molecule has 0 aliphatic carbocycles. The van der Waals surface area contributed by atoms with Crippen molar-refractivity contribution in [2.75, 3.05) is 0 Å². The van der Waals surface area contributed by atoms with Crippen molar-refractivity contribution in [3.63, 3.8) is 0 Å². The Kier molecular flexibility index (Phi) is 8.09. The van der Waals surface area contributed by atoms with Gasteiger partial charge in [-0.1, -0.05) is 68.4 Å². The van der Waals surface area contributed by atoms with Crippen LogP contribution in [-0.4, -0.2) is 21.9 Å². The monoisotopic (exact) mass is 314 g/mol. The third-order valence-electron chi connectivity index (χ3n) is 3.63. The minimum atomic E-state index is -1.03. The smallest absolute Gasteiger partial charge is 0.120 e. The van der Waals surface area contributed by atoms with Gasteiger partial charge in [-0.15, -0.1) is 0 Å². The van der Waals surface area contributed by atoms with Crippen LogP contribution >= 0.6 is 0 Å². The minimum Gasteiger partial charge on any atom is -0.389 e. The fraction of sp³-hybridized carbons (Fsp3) is 0.524. The van der Waals surface area contributed by atoms with Gasteiger partial charge in [0.2, 0.25) is 0 Å². The molecule has 2 N–H and O–H groups in total. The van der Waals surface area contributed by atoms with E-state index in [0.29, 0.717) is 0 Å². The number of hydrogen-bond donors (Lipinski definition) is 2. The van der Waals surface area contributed by atoms with Gasteiger partial charge in [0, 0.05) is 5.57 Å². The second kappa shape index (κ2) is 9.55. The zero-order chi connectivity index (χ0) is 17.3. The Labute approximate surface area is 141 Å². The quantitative estimate of drug-likeness (QED) is 0.572. The molecule has 0 heterocycles. The zero-order valence-corrected chi connectivity index (χ0v) is 14.9. The summed E-state index contributed by atoms with van der Waals surface area (Å²) >= 11 is 0. The van der Waals surface area contributed by atoms with E-state index in [1.54, 1.807) is 20.8 Å². The maximum Gasteiger partial charge on any atom is 0.120 e. The second-order valence-electron chi connectivity index (χ2n) is 6.55. The van der Waals surface area contributed by atoms with Gasteiger partial charge in [0.05, 0.1) is 6.10 Å². The van der Waals surface area contributed by atoms with Crippen molar-refractivity contribution in [1.82, 2.24) is 0 Å². The lowest BCUT2D eigenvalue weighted by atomic mass is 9.92. The molecular weight excluding hydrogens is 284 g/mol. The molecule has 0 radical (unpaired) electrons. The maximum absolute atomic E-state index is 10.3. The highest BCUT2D eigenvalue weighted by atomic mass is 16.3. The number of hydrogen-bond acceptors (Lipinski definition) is 2. The lowest BCUT2D eigenvalue weighted by Gasteiger charge is -2.16. The standard InChI is InChI=1S/C21H30O2/c1-5-6-7-9-14-19(15-16-21(3,4)23)20(17(2)22)18-12-10-8-11-13-18/h8,10-13,17,22-23H,5-7,9,14H2,1-4H3/b20-19+. The Hall–Kier alpha value is -1.56. The van der Waals surface area contributed by atoms with Crippen LogP contribution in [0.1, 0.15) is 65.4 Å². The van der Waals surface area contributed by atoms with E-state index >= 15 is 0 Å². The van der Waals surface area contributed by atoms with Crippen molar-refractivity contribution < 1.29 is 10.2 Å². The topological polar surface area (TPSA) is 40.5 Å². The van der Waals surface area contributed by atoms with E-state index in [1.807, 2.05) is 30.3 Å². The van der Waals surface area contributed by atoms with Crippen molar-refractivity contribution in [2.45, 2.75) is 71.5 Å². The van der Waals surface area contributed by atoms with Crippen molar-refractivity contribution >= 4 is 5.57 Å². The molecule has 126 valence electrons. The van der Waals surface area contributed by atoms with Gasteiger partial charge in [-0.25, -0.2) is 0 Å². The highest BCUT2D eigenvalue weighted by Crippen LogP contribution is 2.26. The molecule has 1 aromatic rings. The Balaban J connectivity index is 3.21. The summed E-state index contributed by atoms with van der Waals surface area (Å²) in [6, 6.07) is 9.90. The number of unbranched alkanes of at least 4 members (excludes halogenated alkanes) is 3. The number of benzene rings is 1. The molecule has 0 saturated heterocycles. The first-order valence-corrected chi connectivity index (χ1v) is 8.57. The van der Waals surface area contributed by atoms with Crippen LogP contribution < -0.4 is 0 Å². The summed E-state index contributed by atoms with van der Waals surface area (Å²) in [6.07, 6.45) is 4.85. The van der Waals surface area contributed by atoms with E-state index in [-0.39, 0.29) is 0 Å². The van der Waals surface area contributed by atoms with Crippen LogP contribution in [0.15, 0.2) is 35.9 Å². The summed E-state index contributed by atoms with van der Waals surface area (Å²) in [7, 11) is 0. The predicted octanol–water partition coefficient (Wildman–Crippen LogP) is 4.57. The number of aliphatic hydroxyl groups is 2. The van der Waals surface area contributed by atoms with E-state index < -0.39 is 11.7 Å². The molecule has 0 aromatic heterocycles. The molecule has 2 heteroatoms. The third-order valence-corrected chi connectivity index (χ3v) is 3.63. The Morgan fingerprint density at radius 2 is 1.78 bits per heavy atom. The first kappa shape index (κ1) is 19.5. The van der Waals surface area contributed by atoms with Gasteiger partial charge in [-0.05, 0) is 44.7 Å². The number of allylic oxidation sites excluding steroid dienone is 1. The molecule has 0 saturated carbocycles. The number of rotatable bonds is 7. The highest BCUT2D eigenvalue weighted by molar-refractivity contribution is 5.75. The molecule has 2 nitrogen and oxygen atoms in total. The lowest BCUT2D eigenvalue weighted by Crippen LogP contribution is -2.15. The fourth-order valence-electron chi connectivity index (χ4n) is 2.51. The molecule has 1 atom stereocenters. The van der Waals surface area contributed by atoms with Crippen molar-refractivity contribution in [3.8, 4) is 11.8 Å². The van der Waals surface area contributed by atoms with Crippen LogP contribution in [0.5, 0.6) is 0 Å². The van der Waals surface area contributed by atoms with E-state index in [1.165, 1.54) is 12.8 Å². The molecule has 1 unspecified atom stereocenters. The molecule has 1 aromatic carbocycles. The first-order valence-electron chi connectivity index (χ1n) is 8.57. The lowest BCUT2D eigenvalue weighted by molar-refractivity contribution is 0.143. The van der Waals surface area contributed by atoms with Crippen molar-refractivity contribution in [3.05, 3.63) is 41.5 Å². The van der Waals surface area contributed by atoms with Gasteiger partial charge in [-0.3, -0.25) is 0 Å². The second-order valence-corrected chi connectivity index (χ2v) is 6.55. The average Bonchev–Trinajstić information content (AvgIpc) is 2.48. The predicted molar refractivity (Wildman–Crippen MR) is 97.9 cm³/mol. The van der Waals surface area contributed by atoms with Gasteiger partial charge in [0.1, 0.15) is 5.60 Å². The van der Waals surface area contributed by atoms with Gasteiger partial charge >= 0.3 is 0 Å². The fourth-order valence-corrected chi connectivity index (χ4v) is 2.51. The Morgan fingerprint density at radius 3 is 2.30 bits per heavy atom. The van der Waals surface area contributed by atoms with Crippen LogP contribution in [0.2, 0.25) is 0 Å². The van der Waals surface area contributed by atoms with Crippen molar-refractivity contribution in [1.29, 1.82) is 0 Å². The first-order chi connectivity index (χ1) is 10.8. The molecule has 23 heavy (non-hydrogen) atoms. The molecule has 0 bridgehead atoms. The van der Waals surface area contributed by atoms with Crippen LogP contribution in [0.3, 0.4) is 0 Å². The van der Waals surface area contributed by atoms with Gasteiger partial charge in [0.15, 0.2) is 0 Å².